The fourth-order valence-corrected chi connectivity index (χ4v) is 5.97. The zero-order valence-electron chi connectivity index (χ0n) is 25.8. The van der Waals surface area contributed by atoms with Crippen molar-refractivity contribution in [3.05, 3.63) is 101 Å². The van der Waals surface area contributed by atoms with Crippen LogP contribution in [-0.2, 0) is 32.6 Å². The number of amides is 2. The Kier molecular flexibility index (Phi) is 11.7. The summed E-state index contributed by atoms with van der Waals surface area (Å²) in [6, 6.07) is 22.6. The van der Waals surface area contributed by atoms with E-state index >= 15 is 0 Å². The molecule has 1 atom stereocenters. The van der Waals surface area contributed by atoms with E-state index in [0.717, 1.165) is 27.8 Å². The van der Waals surface area contributed by atoms with Crippen LogP contribution < -0.4 is 9.62 Å². The maximum absolute atomic E-state index is 14.0. The minimum Gasteiger partial charge on any atom is -0.354 e. The molecular formula is C34H45N3O4S. The molecule has 0 aliphatic heterocycles. The molecule has 0 bridgehead atoms. The fourth-order valence-electron chi connectivity index (χ4n) is 4.95. The van der Waals surface area contributed by atoms with E-state index in [4.69, 9.17) is 0 Å². The van der Waals surface area contributed by atoms with E-state index in [1.165, 1.54) is 10.6 Å². The number of hydrogen-bond acceptors (Lipinski definition) is 4. The number of hydrogen-bond donors (Lipinski definition) is 1. The Hall–Kier alpha value is -3.65. The second-order valence-electron chi connectivity index (χ2n) is 11.6. The van der Waals surface area contributed by atoms with Gasteiger partial charge in [-0.3, -0.25) is 13.9 Å². The lowest BCUT2D eigenvalue weighted by Gasteiger charge is -2.32. The lowest BCUT2D eigenvalue weighted by Crippen LogP contribution is -2.51. The number of nitrogens with one attached hydrogen (secondary N) is 1. The van der Waals surface area contributed by atoms with Gasteiger partial charge in [0.25, 0.3) is 0 Å². The molecule has 3 aromatic carbocycles. The van der Waals surface area contributed by atoms with E-state index in [-0.39, 0.29) is 37.2 Å². The van der Waals surface area contributed by atoms with Crippen molar-refractivity contribution in [3.8, 4) is 0 Å². The molecule has 3 aromatic rings. The Labute approximate surface area is 252 Å². The van der Waals surface area contributed by atoms with Gasteiger partial charge in [-0.25, -0.2) is 8.42 Å². The van der Waals surface area contributed by atoms with Crippen molar-refractivity contribution in [1.29, 1.82) is 0 Å². The molecule has 0 heterocycles. The van der Waals surface area contributed by atoms with Crippen LogP contribution in [0.3, 0.4) is 0 Å². The quantitative estimate of drug-likeness (QED) is 0.266. The molecule has 7 nitrogen and oxygen atoms in total. The first-order valence-corrected chi connectivity index (χ1v) is 16.4. The van der Waals surface area contributed by atoms with Crippen LogP contribution in [0.15, 0.2) is 72.8 Å². The summed E-state index contributed by atoms with van der Waals surface area (Å²) in [6.07, 6.45) is 1.98. The number of rotatable bonds is 14. The van der Waals surface area contributed by atoms with Crippen LogP contribution >= 0.6 is 0 Å². The lowest BCUT2D eigenvalue weighted by atomic mass is 10.0. The van der Waals surface area contributed by atoms with E-state index in [1.54, 1.807) is 4.90 Å². The van der Waals surface area contributed by atoms with Gasteiger partial charge in [0.15, 0.2) is 0 Å². The first kappa shape index (κ1) is 32.9. The van der Waals surface area contributed by atoms with E-state index in [1.807, 2.05) is 107 Å². The van der Waals surface area contributed by atoms with Crippen molar-refractivity contribution in [3.63, 3.8) is 0 Å². The molecule has 226 valence electrons. The molecule has 0 aliphatic carbocycles. The third kappa shape index (κ3) is 9.72. The second-order valence-corrected chi connectivity index (χ2v) is 13.5. The van der Waals surface area contributed by atoms with Crippen molar-refractivity contribution in [2.45, 2.75) is 66.5 Å². The summed E-state index contributed by atoms with van der Waals surface area (Å²) in [5.41, 5.74) is 5.40. The number of carbonyl (C=O) groups is 2. The Bertz CT molecular complexity index is 1450. The molecule has 0 fully saturated rings. The summed E-state index contributed by atoms with van der Waals surface area (Å²) >= 11 is 0. The molecule has 0 saturated heterocycles. The van der Waals surface area contributed by atoms with E-state index < -0.39 is 16.1 Å². The highest BCUT2D eigenvalue weighted by atomic mass is 32.2. The summed E-state index contributed by atoms with van der Waals surface area (Å²) < 4.78 is 26.9. The minimum atomic E-state index is -3.57. The van der Waals surface area contributed by atoms with Gasteiger partial charge in [0, 0.05) is 32.5 Å². The third-order valence-corrected chi connectivity index (χ3v) is 8.36. The van der Waals surface area contributed by atoms with Gasteiger partial charge in [0.2, 0.25) is 21.8 Å². The van der Waals surface area contributed by atoms with Crippen molar-refractivity contribution < 1.29 is 18.0 Å². The maximum atomic E-state index is 14.0. The lowest BCUT2D eigenvalue weighted by molar-refractivity contribution is -0.141. The average molecular weight is 592 g/mol. The van der Waals surface area contributed by atoms with Crippen molar-refractivity contribution >= 4 is 27.5 Å². The molecule has 8 heteroatoms. The van der Waals surface area contributed by atoms with Gasteiger partial charge in [-0.15, -0.1) is 0 Å². The van der Waals surface area contributed by atoms with E-state index in [0.29, 0.717) is 25.1 Å². The van der Waals surface area contributed by atoms with Crippen LogP contribution in [0, 0.1) is 26.7 Å². The molecule has 0 aromatic heterocycles. The highest BCUT2D eigenvalue weighted by molar-refractivity contribution is 7.92. The van der Waals surface area contributed by atoms with Crippen molar-refractivity contribution in [2.75, 3.05) is 23.7 Å². The molecule has 42 heavy (non-hydrogen) atoms. The van der Waals surface area contributed by atoms with Gasteiger partial charge in [-0.1, -0.05) is 86.1 Å². The molecule has 1 N–H and O–H groups in total. The summed E-state index contributed by atoms with van der Waals surface area (Å²) in [5.74, 6) is -0.118. The van der Waals surface area contributed by atoms with Gasteiger partial charge < -0.3 is 10.2 Å². The topological polar surface area (TPSA) is 86.8 Å². The minimum absolute atomic E-state index is 0.103. The number of carbonyl (C=O) groups excluding carboxylic acids is 2. The normalized spacial score (nSPS) is 12.2. The number of sulfonamides is 1. The second kappa shape index (κ2) is 15.0. The smallest absolute Gasteiger partial charge is 0.243 e. The van der Waals surface area contributed by atoms with Crippen molar-refractivity contribution in [1.82, 2.24) is 10.2 Å². The summed E-state index contributed by atoms with van der Waals surface area (Å²) in [5, 5.41) is 3.04. The highest BCUT2D eigenvalue weighted by Gasteiger charge is 2.30. The first-order chi connectivity index (χ1) is 19.8. The number of aryl methyl sites for hydroxylation is 3. The molecular weight excluding hydrogens is 546 g/mol. The number of anilines is 1. The Morgan fingerprint density at radius 3 is 2.17 bits per heavy atom. The van der Waals surface area contributed by atoms with Crippen LogP contribution in [0.5, 0.6) is 0 Å². The molecule has 0 unspecified atom stereocenters. The largest absolute Gasteiger partial charge is 0.354 e. The standard InChI is InChI=1S/C34H45N3O4S/c1-25(2)23-35-34(39)32(22-29-13-8-7-9-14-29)36(24-30-15-10-12-26(3)20-30)33(38)16-11-19-37(42(6,40)41)31-21-27(4)17-18-28(31)5/h7-10,12-15,17-18,20-21,25,32H,11,16,19,22-24H2,1-6H3,(H,35,39)/t32-/m1/s1. The highest BCUT2D eigenvalue weighted by Crippen LogP contribution is 2.25. The maximum Gasteiger partial charge on any atom is 0.243 e. The summed E-state index contributed by atoms with van der Waals surface area (Å²) in [4.78, 5) is 29.3. The molecule has 3 rings (SSSR count). The Morgan fingerprint density at radius 1 is 0.857 bits per heavy atom. The van der Waals surface area contributed by atoms with E-state index in [9.17, 15) is 18.0 Å². The van der Waals surface area contributed by atoms with E-state index in [2.05, 4.69) is 5.32 Å². The molecule has 2 amide bonds. The predicted molar refractivity (Wildman–Crippen MR) is 171 cm³/mol. The SMILES string of the molecule is Cc1cccc(CN(C(=O)CCCN(c2cc(C)ccc2C)S(C)(=O)=O)[C@H](Cc2ccccc2)C(=O)NCC(C)C)c1. The Balaban J connectivity index is 1.90. The van der Waals surface area contributed by atoms with Gasteiger partial charge >= 0.3 is 0 Å². The van der Waals surface area contributed by atoms with Gasteiger partial charge in [0.05, 0.1) is 11.9 Å². The predicted octanol–water partition coefficient (Wildman–Crippen LogP) is 5.57. The zero-order chi connectivity index (χ0) is 30.9. The summed E-state index contributed by atoms with van der Waals surface area (Å²) in [6.45, 7) is 10.8. The Morgan fingerprint density at radius 2 is 1.52 bits per heavy atom. The average Bonchev–Trinajstić information content (AvgIpc) is 2.93. The van der Waals surface area contributed by atoms with Gasteiger partial charge in [0.1, 0.15) is 6.04 Å². The molecule has 0 saturated carbocycles. The van der Waals surface area contributed by atoms with Gasteiger partial charge in [-0.2, -0.15) is 0 Å². The fraction of sp³-hybridized carbons (Fsp3) is 0.412. The van der Waals surface area contributed by atoms with Crippen LogP contribution in [0.1, 0.15) is 54.5 Å². The molecule has 0 aliphatic rings. The first-order valence-electron chi connectivity index (χ1n) is 14.6. The van der Waals surface area contributed by atoms with Gasteiger partial charge in [-0.05, 0) is 61.4 Å². The molecule has 0 radical (unpaired) electrons. The number of benzene rings is 3. The van der Waals surface area contributed by atoms with Crippen molar-refractivity contribution in [2.24, 2.45) is 5.92 Å². The number of nitrogens with zero attached hydrogens (tertiary/aromatic N) is 2. The van der Waals surface area contributed by atoms with Crippen LogP contribution in [0.4, 0.5) is 5.69 Å². The van der Waals surface area contributed by atoms with Crippen LogP contribution in [0.25, 0.3) is 0 Å². The van der Waals surface area contributed by atoms with Crippen LogP contribution in [-0.4, -0.2) is 50.5 Å². The summed E-state index contributed by atoms with van der Waals surface area (Å²) in [7, 11) is -3.57. The van der Waals surface area contributed by atoms with Crippen LogP contribution in [0.2, 0.25) is 0 Å². The third-order valence-electron chi connectivity index (χ3n) is 7.18. The zero-order valence-corrected chi connectivity index (χ0v) is 26.6. The molecule has 0 spiro atoms. The monoisotopic (exact) mass is 591 g/mol.